The topological polar surface area (TPSA) is 52.6 Å². The van der Waals surface area contributed by atoms with Crippen molar-refractivity contribution in [2.75, 3.05) is 0 Å². The first-order valence-corrected chi connectivity index (χ1v) is 6.86. The summed E-state index contributed by atoms with van der Waals surface area (Å²) in [5.41, 5.74) is 0. The standard InChI is InChI=1S/2C7H12O2/c2*1-3-6-5(2)4-7(8)9-6/h2*5-6H,3-4H2,1-2H3/t2*5-,6?/m00/s1. The molecule has 0 bridgehead atoms. The zero-order chi connectivity index (χ0) is 13.7. The van der Waals surface area contributed by atoms with Gasteiger partial charge in [-0.3, -0.25) is 9.59 Å². The van der Waals surface area contributed by atoms with Crippen molar-refractivity contribution in [3.8, 4) is 0 Å². The van der Waals surface area contributed by atoms with E-state index in [1.54, 1.807) is 0 Å². The molecule has 2 heterocycles. The van der Waals surface area contributed by atoms with Gasteiger partial charge in [0.05, 0.1) is 12.8 Å². The lowest BCUT2D eigenvalue weighted by molar-refractivity contribution is -0.142. The normalized spacial score (nSPS) is 34.7. The summed E-state index contributed by atoms with van der Waals surface area (Å²) in [7, 11) is 0. The van der Waals surface area contributed by atoms with Gasteiger partial charge in [0.1, 0.15) is 12.2 Å². The summed E-state index contributed by atoms with van der Waals surface area (Å²) >= 11 is 0. The number of carbonyl (C=O) groups is 2. The second-order valence-corrected chi connectivity index (χ2v) is 5.24. The van der Waals surface area contributed by atoms with E-state index in [1.807, 2.05) is 13.8 Å². The predicted octanol–water partition coefficient (Wildman–Crippen LogP) is 2.70. The molecule has 0 aromatic heterocycles. The Bertz CT molecular complexity index is 270. The van der Waals surface area contributed by atoms with E-state index in [-0.39, 0.29) is 24.1 Å². The van der Waals surface area contributed by atoms with Crippen LogP contribution in [0.2, 0.25) is 0 Å². The molecule has 0 aromatic rings. The van der Waals surface area contributed by atoms with Crippen molar-refractivity contribution in [1.82, 2.24) is 0 Å². The number of cyclic esters (lactones) is 2. The third kappa shape index (κ3) is 4.00. The fourth-order valence-electron chi connectivity index (χ4n) is 2.43. The summed E-state index contributed by atoms with van der Waals surface area (Å²) in [6.45, 7) is 8.19. The molecule has 2 aliphatic heterocycles. The lowest BCUT2D eigenvalue weighted by Gasteiger charge is -2.08. The highest BCUT2D eigenvalue weighted by molar-refractivity contribution is 5.72. The van der Waals surface area contributed by atoms with Crippen molar-refractivity contribution in [3.63, 3.8) is 0 Å². The Morgan fingerprint density at radius 3 is 1.33 bits per heavy atom. The third-order valence-corrected chi connectivity index (χ3v) is 3.62. The number of carbonyl (C=O) groups excluding carboxylic acids is 2. The first-order valence-electron chi connectivity index (χ1n) is 6.86. The molecule has 4 atom stereocenters. The van der Waals surface area contributed by atoms with Crippen LogP contribution in [-0.2, 0) is 19.1 Å². The van der Waals surface area contributed by atoms with Gasteiger partial charge in [-0.15, -0.1) is 0 Å². The molecular formula is C14H24O4. The molecule has 2 unspecified atom stereocenters. The molecule has 2 aliphatic rings. The summed E-state index contributed by atoms with van der Waals surface area (Å²) < 4.78 is 9.97. The minimum atomic E-state index is -0.0330. The Kier molecular flexibility index (Phi) is 5.63. The molecule has 2 fully saturated rings. The maximum Gasteiger partial charge on any atom is 0.306 e. The van der Waals surface area contributed by atoms with E-state index in [9.17, 15) is 9.59 Å². The number of hydrogen-bond acceptors (Lipinski definition) is 4. The van der Waals surface area contributed by atoms with Gasteiger partial charge < -0.3 is 9.47 Å². The Balaban J connectivity index is 0.000000180. The minimum Gasteiger partial charge on any atom is -0.462 e. The minimum absolute atomic E-state index is 0.0330. The monoisotopic (exact) mass is 256 g/mol. The third-order valence-electron chi connectivity index (χ3n) is 3.62. The van der Waals surface area contributed by atoms with Crippen LogP contribution in [-0.4, -0.2) is 24.1 Å². The number of rotatable bonds is 2. The van der Waals surface area contributed by atoms with Crippen LogP contribution in [0.25, 0.3) is 0 Å². The Labute approximate surface area is 109 Å². The van der Waals surface area contributed by atoms with Crippen LogP contribution in [0.5, 0.6) is 0 Å². The number of ether oxygens (including phenoxy) is 2. The Morgan fingerprint density at radius 2 is 1.22 bits per heavy atom. The van der Waals surface area contributed by atoms with Crippen LogP contribution < -0.4 is 0 Å². The second kappa shape index (κ2) is 6.76. The SMILES string of the molecule is CCC1OC(=O)C[C@@H]1C.CCC1OC(=O)C[C@@H]1C. The summed E-state index contributed by atoms with van der Waals surface area (Å²) in [5, 5.41) is 0. The first kappa shape index (κ1) is 15.0. The van der Waals surface area contributed by atoms with Crippen LogP contribution in [0, 0.1) is 11.8 Å². The molecule has 0 spiro atoms. The van der Waals surface area contributed by atoms with Crippen LogP contribution >= 0.6 is 0 Å². The van der Waals surface area contributed by atoms with Gasteiger partial charge >= 0.3 is 11.9 Å². The number of esters is 2. The molecule has 4 heteroatoms. The summed E-state index contributed by atoms with van der Waals surface area (Å²) in [5.74, 6) is 0.800. The first-order chi connectivity index (χ1) is 8.47. The van der Waals surface area contributed by atoms with E-state index >= 15 is 0 Å². The van der Waals surface area contributed by atoms with Crippen LogP contribution in [0.15, 0.2) is 0 Å². The van der Waals surface area contributed by atoms with Gasteiger partial charge in [-0.2, -0.15) is 0 Å². The van der Waals surface area contributed by atoms with E-state index in [1.165, 1.54) is 0 Å². The molecule has 0 aliphatic carbocycles. The molecule has 18 heavy (non-hydrogen) atoms. The molecule has 0 N–H and O–H groups in total. The van der Waals surface area contributed by atoms with Crippen LogP contribution in [0.4, 0.5) is 0 Å². The molecule has 2 rings (SSSR count). The van der Waals surface area contributed by atoms with Gasteiger partial charge in [-0.05, 0) is 12.8 Å². The average Bonchev–Trinajstić information content (AvgIpc) is 2.81. The van der Waals surface area contributed by atoms with Gasteiger partial charge in [-0.25, -0.2) is 0 Å². The van der Waals surface area contributed by atoms with Crippen molar-refractivity contribution in [3.05, 3.63) is 0 Å². The van der Waals surface area contributed by atoms with Crippen molar-refractivity contribution in [1.29, 1.82) is 0 Å². The zero-order valence-electron chi connectivity index (χ0n) is 11.8. The van der Waals surface area contributed by atoms with E-state index in [4.69, 9.17) is 9.47 Å². The van der Waals surface area contributed by atoms with Crippen molar-refractivity contribution in [2.45, 2.75) is 65.6 Å². The number of hydrogen-bond donors (Lipinski definition) is 0. The average molecular weight is 256 g/mol. The fraction of sp³-hybridized carbons (Fsp3) is 0.857. The molecule has 0 amide bonds. The van der Waals surface area contributed by atoms with Gasteiger partial charge in [0.25, 0.3) is 0 Å². The molecule has 0 aromatic carbocycles. The predicted molar refractivity (Wildman–Crippen MR) is 67.9 cm³/mol. The van der Waals surface area contributed by atoms with Gasteiger partial charge in [0.2, 0.25) is 0 Å². The molecule has 104 valence electrons. The van der Waals surface area contributed by atoms with Crippen molar-refractivity contribution in [2.24, 2.45) is 11.8 Å². The van der Waals surface area contributed by atoms with E-state index in [0.717, 1.165) is 12.8 Å². The molecular weight excluding hydrogens is 232 g/mol. The largest absolute Gasteiger partial charge is 0.462 e. The van der Waals surface area contributed by atoms with E-state index in [0.29, 0.717) is 24.7 Å². The van der Waals surface area contributed by atoms with Crippen molar-refractivity contribution < 1.29 is 19.1 Å². The maximum absolute atomic E-state index is 10.6. The Hall–Kier alpha value is -1.06. The highest BCUT2D eigenvalue weighted by Gasteiger charge is 2.29. The van der Waals surface area contributed by atoms with Gasteiger partial charge in [0.15, 0.2) is 0 Å². The van der Waals surface area contributed by atoms with Gasteiger partial charge in [0, 0.05) is 11.8 Å². The van der Waals surface area contributed by atoms with Crippen LogP contribution in [0.3, 0.4) is 0 Å². The molecule has 0 saturated carbocycles. The van der Waals surface area contributed by atoms with E-state index < -0.39 is 0 Å². The van der Waals surface area contributed by atoms with Crippen LogP contribution in [0.1, 0.15) is 53.4 Å². The highest BCUT2D eigenvalue weighted by atomic mass is 16.6. The summed E-state index contributed by atoms with van der Waals surface area (Å²) in [4.78, 5) is 21.2. The van der Waals surface area contributed by atoms with Crippen molar-refractivity contribution >= 4 is 11.9 Å². The molecule has 2 saturated heterocycles. The maximum atomic E-state index is 10.6. The fourth-order valence-corrected chi connectivity index (χ4v) is 2.43. The summed E-state index contributed by atoms with van der Waals surface area (Å²) in [6.07, 6.45) is 3.51. The molecule has 4 nitrogen and oxygen atoms in total. The smallest absolute Gasteiger partial charge is 0.306 e. The quantitative estimate of drug-likeness (QED) is 0.713. The Morgan fingerprint density at radius 1 is 0.889 bits per heavy atom. The zero-order valence-corrected chi connectivity index (χ0v) is 11.8. The second-order valence-electron chi connectivity index (χ2n) is 5.24. The van der Waals surface area contributed by atoms with Gasteiger partial charge in [-0.1, -0.05) is 27.7 Å². The molecule has 0 radical (unpaired) electrons. The van der Waals surface area contributed by atoms with E-state index in [2.05, 4.69) is 13.8 Å². The lowest BCUT2D eigenvalue weighted by Crippen LogP contribution is -2.10. The lowest BCUT2D eigenvalue weighted by atomic mass is 10.0. The highest BCUT2D eigenvalue weighted by Crippen LogP contribution is 2.23. The summed E-state index contributed by atoms with van der Waals surface area (Å²) in [6, 6.07) is 0.